The molecule has 2 saturated heterocycles. The zero-order valence-electron chi connectivity index (χ0n) is 11.8. The van der Waals surface area contributed by atoms with Crippen LogP contribution in [0.3, 0.4) is 0 Å². The monoisotopic (exact) mass is 284 g/mol. The van der Waals surface area contributed by atoms with Gasteiger partial charge in [-0.15, -0.1) is 0 Å². The summed E-state index contributed by atoms with van der Waals surface area (Å²) in [4.78, 5) is 25.9. The molecular weight excluding hydrogens is 260 g/mol. The molecule has 1 atom stereocenters. The van der Waals surface area contributed by atoms with Crippen LogP contribution in [-0.4, -0.2) is 54.2 Å². The number of hydrogen-bond acceptors (Lipinski definition) is 4. The lowest BCUT2D eigenvalue weighted by Gasteiger charge is -2.40. The van der Waals surface area contributed by atoms with Gasteiger partial charge in [-0.2, -0.15) is 0 Å². The average Bonchev–Trinajstić information content (AvgIpc) is 2.73. The van der Waals surface area contributed by atoms with E-state index in [9.17, 15) is 14.7 Å². The topological polar surface area (TPSA) is 92.9 Å². The van der Waals surface area contributed by atoms with E-state index in [1.165, 1.54) is 0 Å². The Balaban J connectivity index is 2.20. The molecule has 2 aliphatic rings. The van der Waals surface area contributed by atoms with Crippen LogP contribution in [0.15, 0.2) is 0 Å². The van der Waals surface area contributed by atoms with Gasteiger partial charge < -0.3 is 20.5 Å². The van der Waals surface area contributed by atoms with Gasteiger partial charge in [-0.05, 0) is 25.7 Å². The second kappa shape index (κ2) is 6.54. The number of likely N-dealkylation sites (tertiary alicyclic amines) is 1. The van der Waals surface area contributed by atoms with Crippen LogP contribution in [-0.2, 0) is 14.3 Å². The molecule has 0 radical (unpaired) electrons. The number of carbonyl (C=O) groups excluding carboxylic acids is 1. The molecule has 2 rings (SSSR count). The summed E-state index contributed by atoms with van der Waals surface area (Å²) in [5, 5.41) is 9.39. The minimum absolute atomic E-state index is 0.0856. The Morgan fingerprint density at radius 1 is 1.25 bits per heavy atom. The van der Waals surface area contributed by atoms with E-state index < -0.39 is 17.4 Å². The molecule has 6 heteroatoms. The van der Waals surface area contributed by atoms with E-state index in [1.807, 2.05) is 0 Å². The Morgan fingerprint density at radius 3 is 2.55 bits per heavy atom. The first-order chi connectivity index (χ1) is 9.60. The zero-order valence-corrected chi connectivity index (χ0v) is 11.8. The third-order valence-corrected chi connectivity index (χ3v) is 4.59. The molecule has 0 aromatic rings. The van der Waals surface area contributed by atoms with Crippen LogP contribution in [0.25, 0.3) is 0 Å². The van der Waals surface area contributed by atoms with Crippen LogP contribution in [0, 0.1) is 5.41 Å². The van der Waals surface area contributed by atoms with Crippen LogP contribution in [0.2, 0.25) is 0 Å². The van der Waals surface area contributed by atoms with Crippen molar-refractivity contribution < 1.29 is 19.4 Å². The first kappa shape index (κ1) is 15.3. The number of carbonyl (C=O) groups is 2. The summed E-state index contributed by atoms with van der Waals surface area (Å²) in [6.07, 6.45) is 4.42. The summed E-state index contributed by atoms with van der Waals surface area (Å²) in [6.45, 7) is 1.83. The number of amides is 1. The number of carboxylic acid groups (broad SMARTS) is 1. The second-order valence-electron chi connectivity index (χ2n) is 5.80. The highest BCUT2D eigenvalue weighted by Crippen LogP contribution is 2.33. The Bertz CT molecular complexity index is 366. The van der Waals surface area contributed by atoms with E-state index in [4.69, 9.17) is 10.5 Å². The maximum absolute atomic E-state index is 12.9. The minimum atomic E-state index is -0.903. The van der Waals surface area contributed by atoms with E-state index in [2.05, 4.69) is 0 Å². The molecule has 2 fully saturated rings. The standard InChI is InChI=1S/C14H24N2O4/c15-10-14(5-8-20-9-6-14)13(19)16-7-3-1-2-4-11(16)12(17)18/h11H,1-10,15H2,(H,17,18). The molecule has 3 N–H and O–H groups in total. The SMILES string of the molecule is NCC1(C(=O)N2CCCCCC2C(=O)O)CCOCC1. The Labute approximate surface area is 119 Å². The minimum Gasteiger partial charge on any atom is -0.480 e. The van der Waals surface area contributed by atoms with Gasteiger partial charge in [0.05, 0.1) is 5.41 Å². The van der Waals surface area contributed by atoms with Crippen molar-refractivity contribution in [1.82, 2.24) is 4.90 Å². The van der Waals surface area contributed by atoms with Gasteiger partial charge in [0.2, 0.25) is 5.91 Å². The molecular formula is C14H24N2O4. The van der Waals surface area contributed by atoms with Crippen LogP contribution >= 0.6 is 0 Å². The third-order valence-electron chi connectivity index (χ3n) is 4.59. The summed E-state index contributed by atoms with van der Waals surface area (Å²) in [6, 6.07) is -0.698. The van der Waals surface area contributed by atoms with Crippen LogP contribution in [0.1, 0.15) is 38.5 Å². The lowest BCUT2D eigenvalue weighted by Crippen LogP contribution is -2.55. The van der Waals surface area contributed by atoms with Crippen LogP contribution in [0.4, 0.5) is 0 Å². The number of nitrogens with zero attached hydrogens (tertiary/aromatic N) is 1. The largest absolute Gasteiger partial charge is 0.480 e. The quantitative estimate of drug-likeness (QED) is 0.791. The van der Waals surface area contributed by atoms with Crippen molar-refractivity contribution in [3.8, 4) is 0 Å². The van der Waals surface area contributed by atoms with Crippen molar-refractivity contribution in [3.05, 3.63) is 0 Å². The van der Waals surface area contributed by atoms with E-state index in [1.54, 1.807) is 4.90 Å². The molecule has 0 spiro atoms. The summed E-state index contributed by atoms with van der Waals surface area (Å²) in [5.41, 5.74) is 5.23. The molecule has 6 nitrogen and oxygen atoms in total. The van der Waals surface area contributed by atoms with Crippen molar-refractivity contribution in [3.63, 3.8) is 0 Å². The molecule has 0 saturated carbocycles. The average molecular weight is 284 g/mol. The number of carboxylic acids is 1. The number of rotatable bonds is 3. The molecule has 0 aromatic carbocycles. The van der Waals surface area contributed by atoms with E-state index in [0.717, 1.165) is 19.3 Å². The molecule has 2 aliphatic heterocycles. The molecule has 20 heavy (non-hydrogen) atoms. The normalized spacial score (nSPS) is 26.9. The Hall–Kier alpha value is -1.14. The highest BCUT2D eigenvalue weighted by Gasteiger charge is 2.44. The first-order valence-electron chi connectivity index (χ1n) is 7.42. The number of ether oxygens (including phenoxy) is 1. The summed E-state index contributed by atoms with van der Waals surface area (Å²) < 4.78 is 5.32. The van der Waals surface area contributed by atoms with Crippen LogP contribution in [0.5, 0.6) is 0 Å². The summed E-state index contributed by atoms with van der Waals surface area (Å²) >= 11 is 0. The van der Waals surface area contributed by atoms with Gasteiger partial charge >= 0.3 is 5.97 Å². The van der Waals surface area contributed by atoms with Gasteiger partial charge in [-0.25, -0.2) is 4.79 Å². The lowest BCUT2D eigenvalue weighted by molar-refractivity contribution is -0.158. The van der Waals surface area contributed by atoms with E-state index in [0.29, 0.717) is 39.0 Å². The van der Waals surface area contributed by atoms with Gasteiger partial charge in [-0.1, -0.05) is 12.8 Å². The Morgan fingerprint density at radius 2 is 1.95 bits per heavy atom. The molecule has 0 bridgehead atoms. The highest BCUT2D eigenvalue weighted by atomic mass is 16.5. The fourth-order valence-corrected chi connectivity index (χ4v) is 3.18. The highest BCUT2D eigenvalue weighted by molar-refractivity contribution is 5.88. The predicted octanol–water partition coefficient (Wildman–Crippen LogP) is 0.598. The van der Waals surface area contributed by atoms with Crippen LogP contribution < -0.4 is 5.73 Å². The van der Waals surface area contributed by atoms with Crippen molar-refractivity contribution in [1.29, 1.82) is 0 Å². The predicted molar refractivity (Wildman–Crippen MR) is 73.1 cm³/mol. The van der Waals surface area contributed by atoms with Gasteiger partial charge in [0.25, 0.3) is 0 Å². The maximum atomic E-state index is 12.9. The van der Waals surface area contributed by atoms with E-state index >= 15 is 0 Å². The molecule has 0 aliphatic carbocycles. The molecule has 1 amide bonds. The van der Waals surface area contributed by atoms with Gasteiger partial charge in [0.15, 0.2) is 0 Å². The molecule has 0 aromatic heterocycles. The Kier molecular flexibility index (Phi) is 4.99. The van der Waals surface area contributed by atoms with Crippen molar-refractivity contribution in [2.24, 2.45) is 11.1 Å². The second-order valence-corrected chi connectivity index (χ2v) is 5.80. The molecule has 114 valence electrons. The van der Waals surface area contributed by atoms with Crippen molar-refractivity contribution in [2.45, 2.75) is 44.6 Å². The van der Waals surface area contributed by atoms with E-state index in [-0.39, 0.29) is 12.5 Å². The number of hydrogen-bond donors (Lipinski definition) is 2. The summed E-state index contributed by atoms with van der Waals surface area (Å²) in [5.74, 6) is -0.989. The smallest absolute Gasteiger partial charge is 0.326 e. The lowest BCUT2D eigenvalue weighted by atomic mass is 9.78. The van der Waals surface area contributed by atoms with Gasteiger partial charge in [0.1, 0.15) is 6.04 Å². The molecule has 2 heterocycles. The van der Waals surface area contributed by atoms with Crippen molar-refractivity contribution in [2.75, 3.05) is 26.3 Å². The van der Waals surface area contributed by atoms with Gasteiger partial charge in [0, 0.05) is 26.3 Å². The third kappa shape index (κ3) is 2.96. The summed E-state index contributed by atoms with van der Waals surface area (Å²) in [7, 11) is 0. The van der Waals surface area contributed by atoms with Gasteiger partial charge in [-0.3, -0.25) is 4.79 Å². The fourth-order valence-electron chi connectivity index (χ4n) is 3.18. The molecule has 1 unspecified atom stereocenters. The van der Waals surface area contributed by atoms with Crippen molar-refractivity contribution >= 4 is 11.9 Å². The number of nitrogens with two attached hydrogens (primary N) is 1. The number of aliphatic carboxylic acids is 1. The fraction of sp³-hybridized carbons (Fsp3) is 0.857. The zero-order chi connectivity index (χ0) is 14.6. The first-order valence-corrected chi connectivity index (χ1v) is 7.42. The maximum Gasteiger partial charge on any atom is 0.326 e.